The van der Waals surface area contributed by atoms with Crippen LogP contribution in [0.2, 0.25) is 0 Å². The number of hydrogen-bond donors (Lipinski definition) is 2. The number of fused-ring (bicyclic) bond motifs is 5. The van der Waals surface area contributed by atoms with Crippen molar-refractivity contribution >= 4 is 5.78 Å². The Morgan fingerprint density at radius 2 is 1.77 bits per heavy atom. The van der Waals surface area contributed by atoms with Crippen molar-refractivity contribution in [1.29, 1.82) is 0 Å². The van der Waals surface area contributed by atoms with Gasteiger partial charge in [0.2, 0.25) is 0 Å². The minimum absolute atomic E-state index is 0.0483. The number of Topliss-reactive ketones (excluding diaryl/α,β-unsaturated/α-hetero) is 1. The number of para-hydroxylation sites is 1. The van der Waals surface area contributed by atoms with Crippen molar-refractivity contribution in [2.75, 3.05) is 7.11 Å². The van der Waals surface area contributed by atoms with E-state index in [0.717, 1.165) is 57.1 Å². The lowest BCUT2D eigenvalue weighted by molar-refractivity contribution is -0.164. The molecule has 0 bridgehead atoms. The van der Waals surface area contributed by atoms with Crippen LogP contribution in [-0.4, -0.2) is 34.8 Å². The van der Waals surface area contributed by atoms with Gasteiger partial charge in [-0.25, -0.2) is 0 Å². The number of benzene rings is 1. The molecule has 0 spiro atoms. The third-order valence-electron chi connectivity index (χ3n) is 11.5. The van der Waals surface area contributed by atoms with Crippen LogP contribution in [0.25, 0.3) is 0 Å². The first-order valence-corrected chi connectivity index (χ1v) is 14.1. The Balaban J connectivity index is 1.30. The summed E-state index contributed by atoms with van der Waals surface area (Å²) in [7, 11) is 1.72. The first-order chi connectivity index (χ1) is 16.6. The number of aliphatic hydroxyl groups is 2. The highest BCUT2D eigenvalue weighted by Crippen LogP contribution is 2.68. The molecule has 0 aromatic heterocycles. The highest BCUT2D eigenvalue weighted by Gasteiger charge is 2.63. The van der Waals surface area contributed by atoms with Crippen molar-refractivity contribution in [2.45, 2.75) is 103 Å². The predicted octanol–water partition coefficient (Wildman–Crippen LogP) is 5.97. The summed E-state index contributed by atoms with van der Waals surface area (Å²) < 4.78 is 5.52. The van der Waals surface area contributed by atoms with E-state index in [1.54, 1.807) is 7.11 Å². The van der Waals surface area contributed by atoms with E-state index < -0.39 is 5.60 Å². The molecule has 9 atom stereocenters. The van der Waals surface area contributed by atoms with Crippen LogP contribution in [0.5, 0.6) is 5.75 Å². The number of ether oxygens (including phenoxy) is 1. The van der Waals surface area contributed by atoms with Gasteiger partial charge in [0.15, 0.2) is 0 Å². The molecule has 4 fully saturated rings. The quantitative estimate of drug-likeness (QED) is 0.524. The molecule has 0 heterocycles. The molecule has 2 N–H and O–H groups in total. The number of aliphatic hydroxyl groups excluding tert-OH is 1. The van der Waals surface area contributed by atoms with E-state index in [1.165, 1.54) is 12.0 Å². The lowest BCUT2D eigenvalue weighted by Crippen LogP contribution is -2.58. The summed E-state index contributed by atoms with van der Waals surface area (Å²) >= 11 is 0. The van der Waals surface area contributed by atoms with Crippen LogP contribution in [0.1, 0.15) is 90.5 Å². The normalized spacial score (nSPS) is 42.5. The van der Waals surface area contributed by atoms with Crippen LogP contribution in [0.4, 0.5) is 0 Å². The van der Waals surface area contributed by atoms with Crippen LogP contribution < -0.4 is 4.74 Å². The third-order valence-corrected chi connectivity index (χ3v) is 11.5. The Hall–Kier alpha value is -1.39. The third kappa shape index (κ3) is 4.17. The molecule has 9 unspecified atom stereocenters. The second kappa shape index (κ2) is 9.17. The highest BCUT2D eigenvalue weighted by atomic mass is 16.5. The summed E-state index contributed by atoms with van der Waals surface area (Å²) in [6, 6.07) is 8.20. The molecule has 1 aromatic carbocycles. The minimum atomic E-state index is -0.696. The molecule has 0 amide bonds. The molecule has 0 saturated heterocycles. The molecule has 35 heavy (non-hydrogen) atoms. The average Bonchev–Trinajstić information content (AvgIpc) is 3.19. The summed E-state index contributed by atoms with van der Waals surface area (Å²) in [6.07, 6.45) is 10.1. The minimum Gasteiger partial charge on any atom is -0.496 e. The van der Waals surface area contributed by atoms with Crippen molar-refractivity contribution in [2.24, 2.45) is 40.4 Å². The van der Waals surface area contributed by atoms with Crippen molar-refractivity contribution in [3.63, 3.8) is 0 Å². The Morgan fingerprint density at radius 3 is 2.54 bits per heavy atom. The van der Waals surface area contributed by atoms with Gasteiger partial charge in [0.25, 0.3) is 0 Å². The number of rotatable bonds is 6. The molecule has 5 rings (SSSR count). The number of aryl methyl sites for hydroxylation is 1. The van der Waals surface area contributed by atoms with E-state index in [-0.39, 0.29) is 28.8 Å². The van der Waals surface area contributed by atoms with Gasteiger partial charge in [-0.2, -0.15) is 0 Å². The molecule has 0 radical (unpaired) electrons. The van der Waals surface area contributed by atoms with E-state index in [4.69, 9.17) is 4.74 Å². The number of methoxy groups -OCH3 is 1. The molecule has 4 heteroatoms. The fraction of sp³-hybridized carbons (Fsp3) is 0.774. The Bertz CT molecular complexity index is 940. The molecule has 4 saturated carbocycles. The van der Waals surface area contributed by atoms with Gasteiger partial charge in [-0.1, -0.05) is 32.0 Å². The summed E-state index contributed by atoms with van der Waals surface area (Å²) in [5, 5.41) is 22.1. The van der Waals surface area contributed by atoms with Crippen molar-refractivity contribution < 1.29 is 19.7 Å². The number of hydrogen-bond acceptors (Lipinski definition) is 4. The molecule has 0 aliphatic heterocycles. The number of ketones is 1. The SMILES string of the molecule is COc1ccccc1CCCC(C)(O)C1CCC2C3CC(=O)C4CC(O)CCC4(C)C3CCC21C. The van der Waals surface area contributed by atoms with Crippen LogP contribution >= 0.6 is 0 Å². The van der Waals surface area contributed by atoms with E-state index in [9.17, 15) is 15.0 Å². The lowest BCUT2D eigenvalue weighted by atomic mass is 9.44. The van der Waals surface area contributed by atoms with E-state index in [0.29, 0.717) is 36.4 Å². The second-order valence-electron chi connectivity index (χ2n) is 13.2. The van der Waals surface area contributed by atoms with Crippen LogP contribution in [0.3, 0.4) is 0 Å². The van der Waals surface area contributed by atoms with Crippen molar-refractivity contribution in [1.82, 2.24) is 0 Å². The van der Waals surface area contributed by atoms with Crippen LogP contribution in [0, 0.1) is 40.4 Å². The van der Waals surface area contributed by atoms with Crippen molar-refractivity contribution in [3.05, 3.63) is 29.8 Å². The fourth-order valence-electron chi connectivity index (χ4n) is 9.76. The topological polar surface area (TPSA) is 66.8 Å². The second-order valence-corrected chi connectivity index (χ2v) is 13.2. The van der Waals surface area contributed by atoms with E-state index in [2.05, 4.69) is 32.9 Å². The average molecular weight is 483 g/mol. The molecule has 4 aliphatic carbocycles. The molecular weight excluding hydrogens is 436 g/mol. The van der Waals surface area contributed by atoms with Gasteiger partial charge in [-0.3, -0.25) is 4.79 Å². The van der Waals surface area contributed by atoms with Gasteiger partial charge in [0.05, 0.1) is 18.8 Å². The van der Waals surface area contributed by atoms with Gasteiger partial charge < -0.3 is 14.9 Å². The molecular formula is C31H46O4. The Kier molecular flexibility index (Phi) is 6.62. The zero-order valence-electron chi connectivity index (χ0n) is 22.3. The van der Waals surface area contributed by atoms with Gasteiger partial charge in [0, 0.05) is 12.3 Å². The van der Waals surface area contributed by atoms with Gasteiger partial charge in [0.1, 0.15) is 11.5 Å². The standard InChI is InChI=1S/C31H46O4/c1-29-16-13-21(32)18-25(29)26(33)19-22-23-11-12-28(30(23,2)17-14-24(22)29)31(3,34)15-7-9-20-8-5-6-10-27(20)35-4/h5-6,8,10,21-25,28,32,34H,7,9,11-19H2,1-4H3. The highest BCUT2D eigenvalue weighted by molar-refractivity contribution is 5.83. The zero-order valence-corrected chi connectivity index (χ0v) is 22.3. The van der Waals surface area contributed by atoms with Gasteiger partial charge >= 0.3 is 0 Å². The zero-order chi connectivity index (χ0) is 25.0. The first-order valence-electron chi connectivity index (χ1n) is 14.1. The smallest absolute Gasteiger partial charge is 0.136 e. The summed E-state index contributed by atoms with van der Waals surface area (Å²) in [5.74, 6) is 3.24. The summed E-state index contributed by atoms with van der Waals surface area (Å²) in [5.41, 5.74) is 0.670. The molecule has 194 valence electrons. The van der Waals surface area contributed by atoms with Crippen LogP contribution in [-0.2, 0) is 11.2 Å². The van der Waals surface area contributed by atoms with Crippen LogP contribution in [0.15, 0.2) is 24.3 Å². The van der Waals surface area contributed by atoms with Gasteiger partial charge in [-0.05, 0) is 117 Å². The fourth-order valence-corrected chi connectivity index (χ4v) is 9.76. The van der Waals surface area contributed by atoms with Gasteiger partial charge in [-0.15, -0.1) is 0 Å². The summed E-state index contributed by atoms with van der Waals surface area (Å²) in [6.45, 7) is 6.87. The Labute approximate surface area is 211 Å². The number of carbonyl (C=O) groups is 1. The predicted molar refractivity (Wildman–Crippen MR) is 138 cm³/mol. The lowest BCUT2D eigenvalue weighted by Gasteiger charge is -2.60. The Morgan fingerprint density at radius 1 is 1.06 bits per heavy atom. The van der Waals surface area contributed by atoms with E-state index in [1.807, 2.05) is 12.1 Å². The van der Waals surface area contributed by atoms with E-state index >= 15 is 0 Å². The van der Waals surface area contributed by atoms with Crippen molar-refractivity contribution in [3.8, 4) is 5.75 Å². The maximum atomic E-state index is 13.4. The largest absolute Gasteiger partial charge is 0.496 e. The first kappa shape index (κ1) is 25.3. The maximum absolute atomic E-state index is 13.4. The number of carbonyl (C=O) groups excluding carboxylic acids is 1. The summed E-state index contributed by atoms with van der Waals surface area (Å²) in [4.78, 5) is 13.4. The molecule has 4 aliphatic rings. The monoisotopic (exact) mass is 482 g/mol. The maximum Gasteiger partial charge on any atom is 0.136 e. The molecule has 4 nitrogen and oxygen atoms in total. The molecule has 1 aromatic rings.